The summed E-state index contributed by atoms with van der Waals surface area (Å²) in [6, 6.07) is 4.44. The molecule has 4 nitrogen and oxygen atoms in total. The van der Waals surface area contributed by atoms with Crippen LogP contribution in [0.5, 0.6) is 0 Å². The second kappa shape index (κ2) is 6.61. The van der Waals surface area contributed by atoms with Crippen LogP contribution in [0.25, 0.3) is 0 Å². The molecular weight excluding hydrogens is 271 g/mol. The number of carbonyl (C=O) groups is 1. The van der Waals surface area contributed by atoms with Crippen LogP contribution >= 0.6 is 11.6 Å². The largest absolute Gasteiger partial charge is 0.444 e. The zero-order valence-electron chi connectivity index (χ0n) is 11.2. The van der Waals surface area contributed by atoms with Crippen molar-refractivity contribution >= 4 is 23.4 Å². The first-order valence-electron chi connectivity index (χ1n) is 5.94. The van der Waals surface area contributed by atoms with Crippen molar-refractivity contribution in [1.29, 1.82) is 0 Å². The standard InChI is InChI=1S/C13H18ClFN2O2/c1-13(2,3)19-12(18)17-7-6-16-9-4-5-10(14)11(15)8-9/h4-5,8,16H,6-7H2,1-3H3,(H,17,18). The fourth-order valence-electron chi connectivity index (χ4n) is 1.29. The molecule has 2 N–H and O–H groups in total. The summed E-state index contributed by atoms with van der Waals surface area (Å²) in [6.07, 6.45) is -0.475. The number of ether oxygens (including phenoxy) is 1. The second-order valence-corrected chi connectivity index (χ2v) is 5.39. The highest BCUT2D eigenvalue weighted by molar-refractivity contribution is 6.30. The van der Waals surface area contributed by atoms with Gasteiger partial charge in [0.2, 0.25) is 0 Å². The molecular formula is C13H18ClFN2O2. The molecule has 0 unspecified atom stereocenters. The quantitative estimate of drug-likeness (QED) is 0.835. The fraction of sp³-hybridized carbons (Fsp3) is 0.462. The summed E-state index contributed by atoms with van der Waals surface area (Å²) in [5, 5.41) is 5.63. The Balaban J connectivity index is 2.27. The topological polar surface area (TPSA) is 50.4 Å². The Morgan fingerprint density at radius 1 is 1.37 bits per heavy atom. The van der Waals surface area contributed by atoms with Crippen LogP contribution in [0, 0.1) is 5.82 Å². The predicted molar refractivity (Wildman–Crippen MR) is 74.1 cm³/mol. The van der Waals surface area contributed by atoms with E-state index >= 15 is 0 Å². The molecule has 0 aromatic heterocycles. The van der Waals surface area contributed by atoms with Crippen LogP contribution < -0.4 is 10.6 Å². The van der Waals surface area contributed by atoms with E-state index in [1.165, 1.54) is 12.1 Å². The van der Waals surface area contributed by atoms with Gasteiger partial charge in [-0.2, -0.15) is 0 Å². The zero-order valence-corrected chi connectivity index (χ0v) is 12.0. The molecule has 0 saturated heterocycles. The molecule has 106 valence electrons. The van der Waals surface area contributed by atoms with E-state index in [0.29, 0.717) is 18.8 Å². The third-order valence-electron chi connectivity index (χ3n) is 2.04. The van der Waals surface area contributed by atoms with Gasteiger partial charge >= 0.3 is 6.09 Å². The van der Waals surface area contributed by atoms with E-state index in [4.69, 9.17) is 16.3 Å². The number of rotatable bonds is 4. The van der Waals surface area contributed by atoms with E-state index in [1.807, 2.05) is 0 Å². The Morgan fingerprint density at radius 2 is 2.05 bits per heavy atom. The van der Waals surface area contributed by atoms with E-state index in [2.05, 4.69) is 10.6 Å². The average molecular weight is 289 g/mol. The lowest BCUT2D eigenvalue weighted by molar-refractivity contribution is 0.0530. The summed E-state index contributed by atoms with van der Waals surface area (Å²) in [4.78, 5) is 11.3. The Labute approximate surface area is 117 Å². The molecule has 0 bridgehead atoms. The number of halogens is 2. The number of anilines is 1. The maximum Gasteiger partial charge on any atom is 0.407 e. The van der Waals surface area contributed by atoms with Gasteiger partial charge in [-0.15, -0.1) is 0 Å². The third-order valence-corrected chi connectivity index (χ3v) is 2.35. The summed E-state index contributed by atoms with van der Waals surface area (Å²) in [5.41, 5.74) is 0.0875. The van der Waals surface area contributed by atoms with Gasteiger partial charge < -0.3 is 15.4 Å². The fourth-order valence-corrected chi connectivity index (χ4v) is 1.41. The van der Waals surface area contributed by atoms with Crippen molar-refractivity contribution < 1.29 is 13.9 Å². The first-order chi connectivity index (χ1) is 8.78. The molecule has 19 heavy (non-hydrogen) atoms. The second-order valence-electron chi connectivity index (χ2n) is 4.98. The van der Waals surface area contributed by atoms with Crippen molar-refractivity contribution in [2.45, 2.75) is 26.4 Å². The van der Waals surface area contributed by atoms with E-state index in [0.717, 1.165) is 0 Å². The maximum atomic E-state index is 13.1. The van der Waals surface area contributed by atoms with Gasteiger partial charge in [-0.05, 0) is 39.0 Å². The summed E-state index contributed by atoms with van der Waals surface area (Å²) in [7, 11) is 0. The van der Waals surface area contributed by atoms with Gasteiger partial charge in [-0.25, -0.2) is 9.18 Å². The minimum atomic E-state index is -0.517. The maximum absolute atomic E-state index is 13.1. The lowest BCUT2D eigenvalue weighted by Crippen LogP contribution is -2.34. The summed E-state index contributed by atoms with van der Waals surface area (Å²) in [6.45, 7) is 6.21. The van der Waals surface area contributed by atoms with Crippen molar-refractivity contribution in [3.8, 4) is 0 Å². The van der Waals surface area contributed by atoms with Crippen molar-refractivity contribution in [2.24, 2.45) is 0 Å². The Bertz CT molecular complexity index is 447. The molecule has 0 saturated carbocycles. The van der Waals surface area contributed by atoms with E-state index < -0.39 is 17.5 Å². The normalized spacial score (nSPS) is 11.0. The highest BCUT2D eigenvalue weighted by Gasteiger charge is 2.15. The summed E-state index contributed by atoms with van der Waals surface area (Å²) < 4.78 is 18.2. The smallest absolute Gasteiger partial charge is 0.407 e. The van der Waals surface area contributed by atoms with Crippen molar-refractivity contribution in [3.63, 3.8) is 0 Å². The van der Waals surface area contributed by atoms with E-state index in [9.17, 15) is 9.18 Å². The highest BCUT2D eigenvalue weighted by atomic mass is 35.5. The minimum Gasteiger partial charge on any atom is -0.444 e. The molecule has 0 spiro atoms. The zero-order chi connectivity index (χ0) is 14.5. The number of hydrogen-bond donors (Lipinski definition) is 2. The summed E-state index contributed by atoms with van der Waals surface area (Å²) >= 11 is 5.57. The molecule has 1 aromatic carbocycles. The van der Waals surface area contributed by atoms with Crippen molar-refractivity contribution in [2.75, 3.05) is 18.4 Å². The minimum absolute atomic E-state index is 0.0810. The molecule has 0 aliphatic heterocycles. The SMILES string of the molecule is CC(C)(C)OC(=O)NCCNc1ccc(Cl)c(F)c1. The predicted octanol–water partition coefficient (Wildman–Crippen LogP) is 3.42. The van der Waals surface area contributed by atoms with Crippen molar-refractivity contribution in [1.82, 2.24) is 5.32 Å². The number of benzene rings is 1. The molecule has 1 aromatic rings. The molecule has 0 atom stereocenters. The van der Waals surface area contributed by atoms with E-state index in [-0.39, 0.29) is 5.02 Å². The molecule has 1 rings (SSSR count). The molecule has 1 amide bonds. The van der Waals surface area contributed by atoms with Crippen LogP contribution in [0.4, 0.5) is 14.9 Å². The number of carbonyl (C=O) groups excluding carboxylic acids is 1. The van der Waals surface area contributed by atoms with Gasteiger partial charge in [0.15, 0.2) is 0 Å². The van der Waals surface area contributed by atoms with Crippen LogP contribution in [0.2, 0.25) is 5.02 Å². The Hall–Kier alpha value is -1.49. The van der Waals surface area contributed by atoms with Gasteiger partial charge in [-0.3, -0.25) is 0 Å². The molecule has 0 radical (unpaired) electrons. The lowest BCUT2D eigenvalue weighted by Gasteiger charge is -2.19. The summed E-state index contributed by atoms with van der Waals surface area (Å²) in [5.74, 6) is -0.480. The number of hydrogen-bond acceptors (Lipinski definition) is 3. The van der Waals surface area contributed by atoms with Crippen molar-refractivity contribution in [3.05, 3.63) is 29.0 Å². The van der Waals surface area contributed by atoms with Crippen LogP contribution in [0.15, 0.2) is 18.2 Å². The first kappa shape index (κ1) is 15.6. The monoisotopic (exact) mass is 288 g/mol. The molecule has 0 heterocycles. The number of amides is 1. The van der Waals surface area contributed by atoms with Crippen LogP contribution in [0.1, 0.15) is 20.8 Å². The van der Waals surface area contributed by atoms with Crippen LogP contribution in [0.3, 0.4) is 0 Å². The first-order valence-corrected chi connectivity index (χ1v) is 6.31. The van der Waals surface area contributed by atoms with Gasteiger partial charge in [0, 0.05) is 18.8 Å². The molecule has 0 aliphatic carbocycles. The van der Waals surface area contributed by atoms with Gasteiger partial charge in [0.05, 0.1) is 5.02 Å². The van der Waals surface area contributed by atoms with Gasteiger partial charge in [-0.1, -0.05) is 11.6 Å². The van der Waals surface area contributed by atoms with E-state index in [1.54, 1.807) is 26.8 Å². The third kappa shape index (κ3) is 6.29. The average Bonchev–Trinajstić information content (AvgIpc) is 2.27. The van der Waals surface area contributed by atoms with Crippen LogP contribution in [-0.2, 0) is 4.74 Å². The molecule has 0 fully saturated rings. The van der Waals surface area contributed by atoms with Gasteiger partial charge in [0.25, 0.3) is 0 Å². The Morgan fingerprint density at radius 3 is 2.63 bits per heavy atom. The van der Waals surface area contributed by atoms with Gasteiger partial charge in [0.1, 0.15) is 11.4 Å². The number of nitrogens with one attached hydrogen (secondary N) is 2. The number of alkyl carbamates (subject to hydrolysis) is 1. The molecule has 0 aliphatic rings. The molecule has 6 heteroatoms. The lowest BCUT2D eigenvalue weighted by atomic mass is 10.2. The van der Waals surface area contributed by atoms with Crippen LogP contribution in [-0.4, -0.2) is 24.8 Å². The Kier molecular flexibility index (Phi) is 5.42. The highest BCUT2D eigenvalue weighted by Crippen LogP contribution is 2.18.